The van der Waals surface area contributed by atoms with Crippen molar-refractivity contribution in [3.63, 3.8) is 0 Å². The molecule has 0 heterocycles. The number of hydrogen-bond donors (Lipinski definition) is 2. The summed E-state index contributed by atoms with van der Waals surface area (Å²) in [5, 5.41) is 3.09. The number of benzene rings is 1. The molecule has 108 valence electrons. The number of aliphatic imine (C=N–C) groups is 1. The zero-order chi connectivity index (χ0) is 13.6. The van der Waals surface area contributed by atoms with Crippen LogP contribution in [0.5, 0.6) is 0 Å². The minimum Gasteiger partial charge on any atom is -0.377 e. The fourth-order valence-electron chi connectivity index (χ4n) is 1.40. The molecule has 0 atom stereocenters. The second-order valence-electron chi connectivity index (χ2n) is 4.84. The number of nitrogens with zero attached hydrogens (tertiary/aromatic N) is 1. The lowest BCUT2D eigenvalue weighted by molar-refractivity contribution is 0.0312. The Labute approximate surface area is 132 Å². The van der Waals surface area contributed by atoms with Crippen molar-refractivity contribution in [3.05, 3.63) is 29.8 Å². The van der Waals surface area contributed by atoms with Gasteiger partial charge in [0, 0.05) is 12.8 Å². The molecule has 0 radical (unpaired) electrons. The lowest BCUT2D eigenvalue weighted by Crippen LogP contribution is -2.30. The van der Waals surface area contributed by atoms with Gasteiger partial charge in [-0.05, 0) is 38.0 Å². The van der Waals surface area contributed by atoms with Crippen molar-refractivity contribution in [2.24, 2.45) is 10.7 Å². The van der Waals surface area contributed by atoms with Crippen molar-refractivity contribution < 1.29 is 4.74 Å². The van der Waals surface area contributed by atoms with Gasteiger partial charge in [0.15, 0.2) is 5.96 Å². The van der Waals surface area contributed by atoms with Gasteiger partial charge in [-0.1, -0.05) is 19.1 Å². The molecule has 0 spiro atoms. The Morgan fingerprint density at radius 2 is 2.11 bits per heavy atom. The van der Waals surface area contributed by atoms with Gasteiger partial charge >= 0.3 is 0 Å². The Morgan fingerprint density at radius 1 is 1.42 bits per heavy atom. The number of nitrogens with two attached hydrogens (primary N) is 1. The molecule has 0 aliphatic carbocycles. The SMILES string of the molecule is CCc1cccc(NC(N)=NCC(C)(C)OC)c1.I. The van der Waals surface area contributed by atoms with E-state index in [1.807, 2.05) is 26.0 Å². The summed E-state index contributed by atoms with van der Waals surface area (Å²) in [6, 6.07) is 8.15. The van der Waals surface area contributed by atoms with Gasteiger partial charge < -0.3 is 15.8 Å². The number of halogens is 1. The van der Waals surface area contributed by atoms with E-state index >= 15 is 0 Å². The summed E-state index contributed by atoms with van der Waals surface area (Å²) in [6.45, 7) is 6.59. The Hall–Kier alpha value is -0.820. The van der Waals surface area contributed by atoms with Crippen LogP contribution in [0, 0.1) is 0 Å². The summed E-state index contributed by atoms with van der Waals surface area (Å²) in [5.74, 6) is 0.411. The second kappa shape index (κ2) is 8.37. The summed E-state index contributed by atoms with van der Waals surface area (Å²) < 4.78 is 5.28. The zero-order valence-electron chi connectivity index (χ0n) is 12.1. The Bertz CT molecular complexity index is 419. The predicted molar refractivity (Wildman–Crippen MR) is 92.4 cm³/mol. The van der Waals surface area contributed by atoms with E-state index in [0.29, 0.717) is 12.5 Å². The molecule has 4 nitrogen and oxygen atoms in total. The van der Waals surface area contributed by atoms with Crippen LogP contribution in [0.3, 0.4) is 0 Å². The summed E-state index contributed by atoms with van der Waals surface area (Å²) in [7, 11) is 1.67. The summed E-state index contributed by atoms with van der Waals surface area (Å²) in [6.07, 6.45) is 1.00. The lowest BCUT2D eigenvalue weighted by atomic mass is 10.1. The van der Waals surface area contributed by atoms with Crippen LogP contribution in [-0.2, 0) is 11.2 Å². The molecule has 0 bridgehead atoms. The predicted octanol–water partition coefficient (Wildman–Crippen LogP) is 3.02. The van der Waals surface area contributed by atoms with E-state index in [-0.39, 0.29) is 29.6 Å². The molecule has 3 N–H and O–H groups in total. The van der Waals surface area contributed by atoms with Crippen LogP contribution in [-0.4, -0.2) is 25.2 Å². The second-order valence-corrected chi connectivity index (χ2v) is 4.84. The van der Waals surface area contributed by atoms with Gasteiger partial charge in [-0.25, -0.2) is 0 Å². The van der Waals surface area contributed by atoms with Crippen LogP contribution >= 0.6 is 24.0 Å². The van der Waals surface area contributed by atoms with E-state index in [4.69, 9.17) is 10.5 Å². The van der Waals surface area contributed by atoms with Crippen molar-refractivity contribution >= 4 is 35.6 Å². The maximum atomic E-state index is 5.84. The number of anilines is 1. The number of hydrogen-bond acceptors (Lipinski definition) is 2. The molecule has 0 amide bonds. The number of methoxy groups -OCH3 is 1. The average Bonchev–Trinajstić information content (AvgIpc) is 2.37. The molecule has 0 aromatic heterocycles. The highest BCUT2D eigenvalue weighted by Gasteiger charge is 2.15. The summed E-state index contributed by atoms with van der Waals surface area (Å²) in [5.41, 5.74) is 7.78. The molecule has 0 fully saturated rings. The Morgan fingerprint density at radius 3 is 2.68 bits per heavy atom. The van der Waals surface area contributed by atoms with Gasteiger partial charge in [0.05, 0.1) is 12.1 Å². The maximum Gasteiger partial charge on any atom is 0.193 e. The number of aryl methyl sites for hydroxylation is 1. The van der Waals surface area contributed by atoms with Crippen LogP contribution in [0.1, 0.15) is 26.3 Å². The molecule has 1 rings (SSSR count). The molecular formula is C14H24IN3O. The first-order valence-electron chi connectivity index (χ1n) is 6.18. The van der Waals surface area contributed by atoms with Crippen molar-refractivity contribution in [3.8, 4) is 0 Å². The standard InChI is InChI=1S/C14H23N3O.HI/c1-5-11-7-6-8-12(9-11)17-13(15)16-10-14(2,3)18-4;/h6-9H,5,10H2,1-4H3,(H3,15,16,17);1H. The number of rotatable bonds is 5. The summed E-state index contributed by atoms with van der Waals surface area (Å²) >= 11 is 0. The normalized spacial score (nSPS) is 11.9. The van der Waals surface area contributed by atoms with Crippen molar-refractivity contribution in [1.29, 1.82) is 0 Å². The largest absolute Gasteiger partial charge is 0.377 e. The van der Waals surface area contributed by atoms with Gasteiger partial charge in [0.25, 0.3) is 0 Å². The maximum absolute atomic E-state index is 5.84. The minimum atomic E-state index is -0.294. The Kier molecular flexibility index (Phi) is 8.01. The molecule has 1 aromatic carbocycles. The fourth-order valence-corrected chi connectivity index (χ4v) is 1.40. The van der Waals surface area contributed by atoms with E-state index in [1.165, 1.54) is 5.56 Å². The molecule has 0 aliphatic rings. The number of ether oxygens (including phenoxy) is 1. The van der Waals surface area contributed by atoms with Gasteiger partial charge in [-0.3, -0.25) is 4.99 Å². The van der Waals surface area contributed by atoms with Crippen molar-refractivity contribution in [2.45, 2.75) is 32.8 Å². The Balaban J connectivity index is 0.00000324. The summed E-state index contributed by atoms with van der Waals surface area (Å²) in [4.78, 5) is 4.28. The molecular weight excluding hydrogens is 353 g/mol. The topological polar surface area (TPSA) is 59.6 Å². The molecule has 0 saturated carbocycles. The first kappa shape index (κ1) is 18.2. The van der Waals surface area contributed by atoms with Gasteiger partial charge in [0.2, 0.25) is 0 Å². The molecule has 19 heavy (non-hydrogen) atoms. The first-order chi connectivity index (χ1) is 8.46. The van der Waals surface area contributed by atoms with E-state index in [1.54, 1.807) is 7.11 Å². The van der Waals surface area contributed by atoms with E-state index in [2.05, 4.69) is 29.4 Å². The van der Waals surface area contributed by atoms with E-state index in [0.717, 1.165) is 12.1 Å². The molecule has 0 unspecified atom stereocenters. The number of nitrogens with one attached hydrogen (secondary N) is 1. The monoisotopic (exact) mass is 377 g/mol. The van der Waals surface area contributed by atoms with Crippen LogP contribution in [0.15, 0.2) is 29.3 Å². The van der Waals surface area contributed by atoms with Gasteiger partial charge in [-0.15, -0.1) is 24.0 Å². The van der Waals surface area contributed by atoms with E-state index in [9.17, 15) is 0 Å². The molecule has 0 aliphatic heterocycles. The smallest absolute Gasteiger partial charge is 0.193 e. The fraction of sp³-hybridized carbons (Fsp3) is 0.500. The van der Waals surface area contributed by atoms with Crippen molar-refractivity contribution in [2.75, 3.05) is 19.0 Å². The third kappa shape index (κ3) is 6.77. The first-order valence-corrected chi connectivity index (χ1v) is 6.18. The van der Waals surface area contributed by atoms with Gasteiger partial charge in [-0.2, -0.15) is 0 Å². The molecule has 0 saturated heterocycles. The van der Waals surface area contributed by atoms with Gasteiger partial charge in [0.1, 0.15) is 0 Å². The third-order valence-electron chi connectivity index (χ3n) is 2.79. The van der Waals surface area contributed by atoms with Crippen LogP contribution < -0.4 is 11.1 Å². The highest BCUT2D eigenvalue weighted by atomic mass is 127. The van der Waals surface area contributed by atoms with E-state index < -0.39 is 0 Å². The van der Waals surface area contributed by atoms with Crippen molar-refractivity contribution in [1.82, 2.24) is 0 Å². The quantitative estimate of drug-likeness (QED) is 0.471. The number of guanidine groups is 1. The van der Waals surface area contributed by atoms with Crippen LogP contribution in [0.2, 0.25) is 0 Å². The third-order valence-corrected chi connectivity index (χ3v) is 2.79. The molecule has 1 aromatic rings. The average molecular weight is 377 g/mol. The highest BCUT2D eigenvalue weighted by molar-refractivity contribution is 14.0. The lowest BCUT2D eigenvalue weighted by Gasteiger charge is -2.20. The van der Waals surface area contributed by atoms with Crippen LogP contribution in [0.25, 0.3) is 0 Å². The molecule has 5 heteroatoms. The minimum absolute atomic E-state index is 0. The highest BCUT2D eigenvalue weighted by Crippen LogP contribution is 2.11. The van der Waals surface area contributed by atoms with Crippen LogP contribution in [0.4, 0.5) is 5.69 Å². The zero-order valence-corrected chi connectivity index (χ0v) is 14.4.